The molecule has 0 radical (unpaired) electrons. The Morgan fingerprint density at radius 3 is 2.96 bits per heavy atom. The Kier molecular flexibility index (Phi) is 8.56. The van der Waals surface area contributed by atoms with E-state index < -0.39 is 0 Å². The van der Waals surface area contributed by atoms with Crippen molar-refractivity contribution in [1.82, 2.24) is 15.6 Å². The van der Waals surface area contributed by atoms with Crippen LogP contribution in [0.1, 0.15) is 12.0 Å². The monoisotopic (exact) mass is 567 g/mol. The molecule has 1 fully saturated rings. The molecule has 1 aliphatic heterocycles. The van der Waals surface area contributed by atoms with Gasteiger partial charge in [-0.3, -0.25) is 4.99 Å². The number of aliphatic imine (C=N–C) groups is 1. The number of benzene rings is 1. The Labute approximate surface area is 188 Å². The first-order valence-electron chi connectivity index (χ1n) is 8.33. The normalized spacial score (nSPS) is 16.8. The maximum atomic E-state index is 13.5. The third-order valence-electron chi connectivity index (χ3n) is 4.17. The van der Waals surface area contributed by atoms with E-state index in [9.17, 15) is 4.39 Å². The fraction of sp³-hybridized carbons (Fsp3) is 0.333. The molecule has 146 valence electrons. The van der Waals surface area contributed by atoms with Crippen LogP contribution in [0.3, 0.4) is 0 Å². The van der Waals surface area contributed by atoms with Crippen LogP contribution in [-0.2, 0) is 6.54 Å². The summed E-state index contributed by atoms with van der Waals surface area (Å²) in [5.41, 5.74) is 0.841. The maximum Gasteiger partial charge on any atom is 0.191 e. The van der Waals surface area contributed by atoms with Gasteiger partial charge in [-0.05, 0) is 42.3 Å². The smallest absolute Gasteiger partial charge is 0.191 e. The lowest BCUT2D eigenvalue weighted by Gasteiger charge is -2.20. The van der Waals surface area contributed by atoms with E-state index in [2.05, 4.69) is 41.4 Å². The molecule has 0 spiro atoms. The van der Waals surface area contributed by atoms with Gasteiger partial charge in [0.25, 0.3) is 0 Å². The number of guanidine groups is 1. The molecule has 2 N–H and O–H groups in total. The van der Waals surface area contributed by atoms with Crippen LogP contribution in [0.15, 0.2) is 46.0 Å². The zero-order valence-corrected chi connectivity index (χ0v) is 19.4. The summed E-state index contributed by atoms with van der Waals surface area (Å²) < 4.78 is 14.2. The van der Waals surface area contributed by atoms with Crippen LogP contribution in [0, 0.1) is 5.82 Å². The lowest BCUT2D eigenvalue weighted by Crippen LogP contribution is -2.44. The van der Waals surface area contributed by atoms with Crippen LogP contribution in [-0.4, -0.2) is 37.1 Å². The van der Waals surface area contributed by atoms with Gasteiger partial charge in [-0.2, -0.15) is 0 Å². The van der Waals surface area contributed by atoms with E-state index in [-0.39, 0.29) is 35.8 Å². The number of aromatic nitrogens is 1. The fourth-order valence-electron chi connectivity index (χ4n) is 2.97. The number of rotatable bonds is 4. The Balaban J connectivity index is 0.00000261. The average molecular weight is 569 g/mol. The van der Waals surface area contributed by atoms with Gasteiger partial charge in [-0.25, -0.2) is 9.37 Å². The number of pyridine rings is 1. The maximum absolute atomic E-state index is 13.5. The number of halogens is 4. The summed E-state index contributed by atoms with van der Waals surface area (Å²) in [6.07, 6.45) is 2.71. The van der Waals surface area contributed by atoms with Crippen LogP contribution in [0.25, 0.3) is 0 Å². The molecule has 1 aromatic carbocycles. The van der Waals surface area contributed by atoms with Gasteiger partial charge in [0.1, 0.15) is 11.6 Å². The fourth-order valence-corrected chi connectivity index (χ4v) is 3.72. The topological polar surface area (TPSA) is 52.6 Å². The largest absolute Gasteiger partial charge is 0.353 e. The third kappa shape index (κ3) is 6.18. The van der Waals surface area contributed by atoms with Gasteiger partial charge in [0.05, 0.1) is 5.02 Å². The summed E-state index contributed by atoms with van der Waals surface area (Å²) in [4.78, 5) is 10.8. The van der Waals surface area contributed by atoms with Crippen molar-refractivity contribution in [3.05, 3.63) is 57.4 Å². The summed E-state index contributed by atoms with van der Waals surface area (Å²) in [5.74, 6) is 1.23. The van der Waals surface area contributed by atoms with Crippen LogP contribution in [0.4, 0.5) is 10.2 Å². The SMILES string of the molecule is CN=C(NCc1cc(F)cc(Br)c1)NC1CCN(c2ncccc2Cl)C1.I. The Morgan fingerprint density at radius 2 is 2.26 bits per heavy atom. The van der Waals surface area contributed by atoms with E-state index in [1.54, 1.807) is 13.2 Å². The van der Waals surface area contributed by atoms with Crippen molar-refractivity contribution in [2.75, 3.05) is 25.0 Å². The minimum absolute atomic E-state index is 0. The van der Waals surface area contributed by atoms with Crippen LogP contribution in [0.2, 0.25) is 5.02 Å². The standard InChI is InChI=1S/C18H20BrClFN5.HI/c1-22-18(24-10-12-7-13(19)9-14(21)8-12)25-15-4-6-26(11-15)17-16(20)3-2-5-23-17;/h2-3,5,7-9,15H,4,6,10-11H2,1H3,(H2,22,24,25);1H. The zero-order chi connectivity index (χ0) is 18.5. The van der Waals surface area contributed by atoms with Crippen molar-refractivity contribution < 1.29 is 4.39 Å². The number of nitrogens with zero attached hydrogens (tertiary/aromatic N) is 3. The van der Waals surface area contributed by atoms with E-state index in [1.807, 2.05) is 18.2 Å². The van der Waals surface area contributed by atoms with Crippen molar-refractivity contribution in [1.29, 1.82) is 0 Å². The summed E-state index contributed by atoms with van der Waals surface area (Å²) in [5, 5.41) is 7.29. The van der Waals surface area contributed by atoms with Gasteiger partial charge < -0.3 is 15.5 Å². The summed E-state index contributed by atoms with van der Waals surface area (Å²) in [6.45, 7) is 2.16. The van der Waals surface area contributed by atoms with Crippen molar-refractivity contribution in [3.63, 3.8) is 0 Å². The minimum atomic E-state index is -0.266. The number of hydrogen-bond donors (Lipinski definition) is 2. The number of hydrogen-bond acceptors (Lipinski definition) is 3. The predicted molar refractivity (Wildman–Crippen MR) is 123 cm³/mol. The molecule has 3 rings (SSSR count). The molecule has 0 amide bonds. The Morgan fingerprint density at radius 1 is 1.44 bits per heavy atom. The zero-order valence-electron chi connectivity index (χ0n) is 14.8. The number of anilines is 1. The molecule has 1 atom stereocenters. The van der Waals surface area contributed by atoms with Gasteiger partial charge in [-0.1, -0.05) is 27.5 Å². The van der Waals surface area contributed by atoms with Gasteiger partial charge in [0.15, 0.2) is 5.96 Å². The van der Waals surface area contributed by atoms with Gasteiger partial charge in [-0.15, -0.1) is 24.0 Å². The molecule has 0 aliphatic carbocycles. The molecule has 5 nitrogen and oxygen atoms in total. The molecule has 2 aromatic rings. The van der Waals surface area contributed by atoms with Crippen molar-refractivity contribution >= 4 is 63.3 Å². The first-order valence-corrected chi connectivity index (χ1v) is 9.50. The molecule has 1 unspecified atom stereocenters. The summed E-state index contributed by atoms with van der Waals surface area (Å²) in [7, 11) is 1.72. The Bertz CT molecular complexity index is 787. The summed E-state index contributed by atoms with van der Waals surface area (Å²) >= 11 is 9.54. The predicted octanol–water partition coefficient (Wildman–Crippen LogP) is 4.20. The highest BCUT2D eigenvalue weighted by atomic mass is 127. The quantitative estimate of drug-likeness (QED) is 0.330. The molecule has 0 saturated carbocycles. The van der Waals surface area contributed by atoms with Crippen LogP contribution >= 0.6 is 51.5 Å². The lowest BCUT2D eigenvalue weighted by atomic mass is 10.2. The van der Waals surface area contributed by atoms with Gasteiger partial charge in [0, 0.05) is 43.4 Å². The van der Waals surface area contributed by atoms with Crippen molar-refractivity contribution in [2.24, 2.45) is 4.99 Å². The molecule has 2 heterocycles. The third-order valence-corrected chi connectivity index (χ3v) is 4.93. The molecule has 27 heavy (non-hydrogen) atoms. The molecule has 0 bridgehead atoms. The highest BCUT2D eigenvalue weighted by Crippen LogP contribution is 2.25. The van der Waals surface area contributed by atoms with E-state index in [0.29, 0.717) is 17.5 Å². The van der Waals surface area contributed by atoms with E-state index >= 15 is 0 Å². The van der Waals surface area contributed by atoms with Crippen molar-refractivity contribution in [3.8, 4) is 0 Å². The second-order valence-electron chi connectivity index (χ2n) is 6.09. The second-order valence-corrected chi connectivity index (χ2v) is 7.41. The first-order chi connectivity index (χ1) is 12.5. The number of nitrogens with one attached hydrogen (secondary N) is 2. The van der Waals surface area contributed by atoms with Crippen LogP contribution < -0.4 is 15.5 Å². The van der Waals surface area contributed by atoms with E-state index in [1.165, 1.54) is 12.1 Å². The van der Waals surface area contributed by atoms with E-state index in [4.69, 9.17) is 11.6 Å². The molecule has 1 aliphatic rings. The van der Waals surface area contributed by atoms with Crippen molar-refractivity contribution in [2.45, 2.75) is 19.0 Å². The minimum Gasteiger partial charge on any atom is -0.353 e. The highest BCUT2D eigenvalue weighted by molar-refractivity contribution is 14.0. The molecule has 1 saturated heterocycles. The molecular formula is C18H21BrClFIN5. The average Bonchev–Trinajstić information content (AvgIpc) is 3.06. The highest BCUT2D eigenvalue weighted by Gasteiger charge is 2.25. The molecule has 9 heteroatoms. The first kappa shape index (κ1) is 22.2. The van der Waals surface area contributed by atoms with Crippen LogP contribution in [0.5, 0.6) is 0 Å². The van der Waals surface area contributed by atoms with Gasteiger partial charge >= 0.3 is 0 Å². The molecule has 1 aromatic heterocycles. The van der Waals surface area contributed by atoms with Gasteiger partial charge in [0.2, 0.25) is 0 Å². The molecular weight excluding hydrogens is 547 g/mol. The second kappa shape index (κ2) is 10.4. The summed E-state index contributed by atoms with van der Waals surface area (Å²) in [6, 6.07) is 8.73. The Hall–Kier alpha value is -1.13. The lowest BCUT2D eigenvalue weighted by molar-refractivity contribution is 0.622. The van der Waals surface area contributed by atoms with E-state index in [0.717, 1.165) is 35.4 Å².